The molecule has 428 valence electrons. The summed E-state index contributed by atoms with van der Waals surface area (Å²) >= 11 is 0. The Kier molecular flexibility index (Phi) is 51.5. The van der Waals surface area contributed by atoms with Gasteiger partial charge in [-0.1, -0.05) is 247 Å². The Bertz CT molecular complexity index is 1540. The van der Waals surface area contributed by atoms with Crippen LogP contribution in [0.25, 0.3) is 0 Å². The van der Waals surface area contributed by atoms with E-state index in [1.54, 1.807) is 0 Å². The molecule has 0 aromatic carbocycles. The van der Waals surface area contributed by atoms with E-state index in [-0.39, 0.29) is 31.3 Å². The number of nitrogens with one attached hydrogen (secondary N) is 1. The van der Waals surface area contributed by atoms with Crippen LogP contribution in [0.5, 0.6) is 0 Å². The number of unbranched alkanes of at least 4 members (excludes halogenated alkanes) is 26. The van der Waals surface area contributed by atoms with Crippen LogP contribution in [-0.2, 0) is 27.9 Å². The van der Waals surface area contributed by atoms with Gasteiger partial charge in [0.25, 0.3) is 7.82 Å². The molecule has 0 rings (SSSR count). The molecule has 0 heterocycles. The Morgan fingerprint density at radius 1 is 0.486 bits per heavy atom. The quantitative estimate of drug-likeness (QED) is 0.0212. The second-order valence-electron chi connectivity index (χ2n) is 21.5. The lowest BCUT2D eigenvalue weighted by Gasteiger charge is -2.30. The van der Waals surface area contributed by atoms with Gasteiger partial charge in [0.1, 0.15) is 19.3 Å². The summed E-state index contributed by atoms with van der Waals surface area (Å²) in [6, 6.07) is -0.903. The van der Waals surface area contributed by atoms with Crippen molar-refractivity contribution in [3.05, 3.63) is 85.1 Å². The van der Waals surface area contributed by atoms with Gasteiger partial charge < -0.3 is 28.5 Å². The number of likely N-dealkylation sites (N-methyl/N-ethyl adjacent to an activating group) is 1. The first-order valence-corrected chi connectivity index (χ1v) is 31.9. The van der Waals surface area contributed by atoms with E-state index in [2.05, 4.69) is 99.0 Å². The van der Waals surface area contributed by atoms with Crippen LogP contribution >= 0.6 is 7.82 Å². The summed E-state index contributed by atoms with van der Waals surface area (Å²) < 4.78 is 30.2. The van der Waals surface area contributed by atoms with E-state index in [1.807, 2.05) is 33.3 Å². The standard InChI is InChI=1S/C64H115N2O7P/c1-7-10-13-16-19-22-25-27-29-30-31-32-33-34-35-36-37-38-41-44-47-50-53-56-63(67)65-61(60-72-74(69,70)71-59-58-66(4,5)6)62(55-52-49-46-43-40-24-21-18-15-12-9-3)73-64(68)57-54-51-48-45-42-39-28-26-23-20-17-14-11-8-2/h10,13,19,22,27,29,31-32,34-35,37-38,52,55,61-62H,7-9,11-12,14-18,20-21,23-26,28,30,33,36,39-51,53-54,56-60H2,1-6H3,(H-,65,67,69,70)/b13-10-,22-19-,29-27-,32-31-,35-34-,38-37-,55-52-. The molecular weight excluding hydrogens is 940 g/mol. The number of esters is 1. The van der Waals surface area contributed by atoms with Gasteiger partial charge in [0.05, 0.1) is 33.8 Å². The zero-order valence-corrected chi connectivity index (χ0v) is 49.7. The van der Waals surface area contributed by atoms with Gasteiger partial charge >= 0.3 is 5.97 Å². The third-order valence-corrected chi connectivity index (χ3v) is 14.1. The van der Waals surface area contributed by atoms with E-state index < -0.39 is 26.6 Å². The lowest BCUT2D eigenvalue weighted by atomic mass is 10.0. The number of carbonyl (C=O) groups is 2. The van der Waals surface area contributed by atoms with Crippen molar-refractivity contribution in [3.63, 3.8) is 0 Å². The number of ether oxygens (including phenoxy) is 1. The number of nitrogens with zero attached hydrogens (tertiary/aromatic N) is 1. The molecule has 0 aliphatic carbocycles. The van der Waals surface area contributed by atoms with Crippen LogP contribution in [0.2, 0.25) is 0 Å². The van der Waals surface area contributed by atoms with Crippen molar-refractivity contribution < 1.29 is 37.3 Å². The molecule has 10 heteroatoms. The van der Waals surface area contributed by atoms with Gasteiger partial charge in [0.15, 0.2) is 0 Å². The van der Waals surface area contributed by atoms with Crippen molar-refractivity contribution >= 4 is 19.7 Å². The molecule has 0 aliphatic rings. The van der Waals surface area contributed by atoms with E-state index >= 15 is 0 Å². The fourth-order valence-electron chi connectivity index (χ4n) is 8.41. The molecule has 0 aromatic rings. The fraction of sp³-hybridized carbons (Fsp3) is 0.750. The highest BCUT2D eigenvalue weighted by Gasteiger charge is 2.27. The molecule has 0 spiro atoms. The molecule has 0 saturated heterocycles. The van der Waals surface area contributed by atoms with Gasteiger partial charge in [0.2, 0.25) is 5.91 Å². The van der Waals surface area contributed by atoms with Gasteiger partial charge in [-0.3, -0.25) is 14.2 Å². The number of phosphoric ester groups is 1. The summed E-state index contributed by atoms with van der Waals surface area (Å²) in [6.45, 7) is 6.70. The highest BCUT2D eigenvalue weighted by atomic mass is 31.2. The molecular formula is C64H115N2O7P. The minimum atomic E-state index is -4.70. The summed E-state index contributed by atoms with van der Waals surface area (Å²) in [5, 5.41) is 3.01. The van der Waals surface area contributed by atoms with E-state index in [0.29, 0.717) is 17.4 Å². The minimum Gasteiger partial charge on any atom is -0.756 e. The molecule has 0 bridgehead atoms. The first-order valence-electron chi connectivity index (χ1n) is 30.4. The van der Waals surface area contributed by atoms with Gasteiger partial charge in [-0.2, -0.15) is 0 Å². The molecule has 0 aliphatic heterocycles. The first kappa shape index (κ1) is 71.2. The van der Waals surface area contributed by atoms with Crippen LogP contribution in [0.4, 0.5) is 0 Å². The van der Waals surface area contributed by atoms with E-state index in [4.69, 9.17) is 13.8 Å². The Morgan fingerprint density at radius 2 is 0.865 bits per heavy atom. The topological polar surface area (TPSA) is 114 Å². The molecule has 3 atom stereocenters. The van der Waals surface area contributed by atoms with Crippen LogP contribution in [-0.4, -0.2) is 69.4 Å². The van der Waals surface area contributed by atoms with Crippen molar-refractivity contribution in [3.8, 4) is 0 Å². The molecule has 0 radical (unpaired) electrons. The number of phosphoric acid groups is 1. The maximum atomic E-state index is 13.5. The Hall–Kier alpha value is -2.81. The van der Waals surface area contributed by atoms with Crippen LogP contribution in [0.15, 0.2) is 85.1 Å². The van der Waals surface area contributed by atoms with E-state index in [9.17, 15) is 19.0 Å². The first-order chi connectivity index (χ1) is 35.9. The molecule has 1 N–H and O–H groups in total. The van der Waals surface area contributed by atoms with Gasteiger partial charge in [-0.25, -0.2) is 0 Å². The average Bonchev–Trinajstić information content (AvgIpc) is 3.36. The summed E-state index contributed by atoms with van der Waals surface area (Å²) in [5.74, 6) is -0.570. The lowest BCUT2D eigenvalue weighted by molar-refractivity contribution is -0.870. The summed E-state index contributed by atoms with van der Waals surface area (Å²) in [6.07, 6.45) is 69.8. The number of allylic oxidation sites excluding steroid dienone is 13. The highest BCUT2D eigenvalue weighted by Crippen LogP contribution is 2.38. The summed E-state index contributed by atoms with van der Waals surface area (Å²) in [7, 11) is 1.16. The molecule has 0 aromatic heterocycles. The summed E-state index contributed by atoms with van der Waals surface area (Å²) in [5.41, 5.74) is 0. The van der Waals surface area contributed by atoms with Crippen LogP contribution in [0.1, 0.15) is 258 Å². The largest absolute Gasteiger partial charge is 0.756 e. The lowest BCUT2D eigenvalue weighted by Crippen LogP contribution is -2.47. The number of rotatable bonds is 54. The maximum Gasteiger partial charge on any atom is 0.306 e. The van der Waals surface area contributed by atoms with E-state index in [1.165, 1.54) is 116 Å². The maximum absolute atomic E-state index is 13.5. The second-order valence-corrected chi connectivity index (χ2v) is 22.9. The van der Waals surface area contributed by atoms with Crippen molar-refractivity contribution in [2.45, 2.75) is 270 Å². The Labute approximate surface area is 456 Å². The van der Waals surface area contributed by atoms with E-state index in [0.717, 1.165) is 103 Å². The molecule has 1 amide bonds. The Balaban J connectivity index is 5.26. The molecule has 9 nitrogen and oxygen atoms in total. The van der Waals surface area contributed by atoms with Crippen LogP contribution in [0, 0.1) is 0 Å². The number of hydrogen-bond acceptors (Lipinski definition) is 7. The number of amides is 1. The fourth-order valence-corrected chi connectivity index (χ4v) is 9.13. The van der Waals surface area contributed by atoms with Crippen molar-refractivity contribution in [2.75, 3.05) is 40.9 Å². The molecule has 0 saturated carbocycles. The smallest absolute Gasteiger partial charge is 0.306 e. The third-order valence-electron chi connectivity index (χ3n) is 13.1. The number of quaternary nitrogens is 1. The third kappa shape index (κ3) is 54.0. The predicted octanol–water partition coefficient (Wildman–Crippen LogP) is 18.0. The van der Waals surface area contributed by atoms with Crippen molar-refractivity contribution in [2.24, 2.45) is 0 Å². The van der Waals surface area contributed by atoms with Crippen LogP contribution in [0.3, 0.4) is 0 Å². The number of hydrogen-bond donors (Lipinski definition) is 1. The zero-order valence-electron chi connectivity index (χ0n) is 48.8. The normalized spacial score (nSPS) is 14.3. The number of carbonyl (C=O) groups excluding carboxylic acids is 2. The monoisotopic (exact) mass is 1050 g/mol. The van der Waals surface area contributed by atoms with Gasteiger partial charge in [-0.05, 0) is 83.1 Å². The second kappa shape index (κ2) is 53.6. The van der Waals surface area contributed by atoms with Crippen molar-refractivity contribution in [1.29, 1.82) is 0 Å². The Morgan fingerprint density at radius 3 is 1.30 bits per heavy atom. The van der Waals surface area contributed by atoms with Crippen LogP contribution < -0.4 is 10.2 Å². The SMILES string of the molecule is CC/C=C\C/C=C\C/C=C\C/C=C\C/C=C\C/C=C\CCCCCCC(=O)NC(COP(=O)([O-])OCC[N+](C)(C)C)C(/C=C\CCCCCCCCCCC)OC(=O)CCCCCCCCCCCCCCCC. The average molecular weight is 1060 g/mol. The summed E-state index contributed by atoms with van der Waals surface area (Å²) in [4.78, 5) is 39.9. The van der Waals surface area contributed by atoms with Gasteiger partial charge in [-0.15, -0.1) is 0 Å². The van der Waals surface area contributed by atoms with Gasteiger partial charge in [0, 0.05) is 12.8 Å². The molecule has 3 unspecified atom stereocenters. The zero-order chi connectivity index (χ0) is 54.3. The van der Waals surface area contributed by atoms with Crippen molar-refractivity contribution in [1.82, 2.24) is 5.32 Å². The molecule has 74 heavy (non-hydrogen) atoms. The molecule has 0 fully saturated rings. The minimum absolute atomic E-state index is 0.0301. The highest BCUT2D eigenvalue weighted by molar-refractivity contribution is 7.45. The predicted molar refractivity (Wildman–Crippen MR) is 316 cm³/mol.